The van der Waals surface area contributed by atoms with Crippen LogP contribution in [0.25, 0.3) is 0 Å². The second-order valence-corrected chi connectivity index (χ2v) is 8.21. The highest BCUT2D eigenvalue weighted by Crippen LogP contribution is 2.36. The molecule has 0 atom stereocenters. The summed E-state index contributed by atoms with van der Waals surface area (Å²) in [5, 5.41) is 0.109. The van der Waals surface area contributed by atoms with Crippen LogP contribution < -0.4 is 4.74 Å². The molecule has 1 heterocycles. The van der Waals surface area contributed by atoms with Crippen molar-refractivity contribution in [3.05, 3.63) is 50.7 Å². The zero-order valence-electron chi connectivity index (χ0n) is 10.2. The Kier molecular flexibility index (Phi) is 5.38. The van der Waals surface area contributed by atoms with E-state index in [1.54, 1.807) is 12.3 Å². The van der Waals surface area contributed by atoms with Gasteiger partial charge in [0.15, 0.2) is 5.75 Å². The fraction of sp³-hybridized carbons (Fsp3) is 0.0833. The van der Waals surface area contributed by atoms with Gasteiger partial charge in [0.1, 0.15) is 6.61 Å². The smallest absolute Gasteiger partial charge is 0.261 e. The van der Waals surface area contributed by atoms with E-state index in [1.807, 2.05) is 6.07 Å². The lowest BCUT2D eigenvalue weighted by atomic mass is 10.3. The highest BCUT2D eigenvalue weighted by molar-refractivity contribution is 9.10. The summed E-state index contributed by atoms with van der Waals surface area (Å²) in [5.74, 6) is 0.173. The highest BCUT2D eigenvalue weighted by Gasteiger charge is 2.17. The molecule has 0 spiro atoms. The SMILES string of the molecule is O=S(=O)(Cl)c1cc(Cl)c(OCc2ccc(Br)cn2)c(Cl)c1. The predicted octanol–water partition coefficient (Wildman–Crippen LogP) is 4.66. The standard InChI is InChI=1S/C12H7BrCl3NO3S/c13-7-1-2-8(17-5-7)6-20-12-10(14)3-9(4-11(12)15)21(16,18)19/h1-5H,6H2. The fourth-order valence-corrected chi connectivity index (χ4v) is 3.20. The van der Waals surface area contributed by atoms with Gasteiger partial charge in [-0.15, -0.1) is 0 Å². The summed E-state index contributed by atoms with van der Waals surface area (Å²) in [5.41, 5.74) is 0.666. The van der Waals surface area contributed by atoms with Crippen LogP contribution in [-0.4, -0.2) is 13.4 Å². The van der Waals surface area contributed by atoms with Crippen molar-refractivity contribution >= 4 is 58.9 Å². The quantitative estimate of drug-likeness (QED) is 0.661. The number of halogens is 4. The molecule has 0 fully saturated rings. The van der Waals surface area contributed by atoms with Crippen molar-refractivity contribution in [1.29, 1.82) is 0 Å². The zero-order chi connectivity index (χ0) is 15.6. The van der Waals surface area contributed by atoms with Gasteiger partial charge in [-0.25, -0.2) is 8.42 Å². The van der Waals surface area contributed by atoms with Gasteiger partial charge in [-0.05, 0) is 40.2 Å². The molecule has 4 nitrogen and oxygen atoms in total. The van der Waals surface area contributed by atoms with Crippen LogP contribution in [0.3, 0.4) is 0 Å². The van der Waals surface area contributed by atoms with Crippen LogP contribution in [-0.2, 0) is 15.7 Å². The van der Waals surface area contributed by atoms with Crippen molar-refractivity contribution in [1.82, 2.24) is 4.98 Å². The molecule has 0 aliphatic heterocycles. The molecule has 0 aliphatic rings. The minimum Gasteiger partial charge on any atom is -0.484 e. The van der Waals surface area contributed by atoms with Crippen LogP contribution >= 0.6 is 49.8 Å². The number of hydrogen-bond donors (Lipinski definition) is 0. The van der Waals surface area contributed by atoms with Crippen LogP contribution in [0.2, 0.25) is 10.0 Å². The Balaban J connectivity index is 2.23. The van der Waals surface area contributed by atoms with Gasteiger partial charge >= 0.3 is 0 Å². The topological polar surface area (TPSA) is 56.3 Å². The minimum absolute atomic E-state index is 0.0545. The van der Waals surface area contributed by atoms with Crippen molar-refractivity contribution < 1.29 is 13.2 Å². The number of aromatic nitrogens is 1. The maximum absolute atomic E-state index is 11.3. The molecule has 0 aliphatic carbocycles. The first-order valence-electron chi connectivity index (χ1n) is 5.44. The molecular formula is C12H7BrCl3NO3S. The second kappa shape index (κ2) is 6.71. The number of rotatable bonds is 4. The van der Waals surface area contributed by atoms with Crippen LogP contribution in [0, 0.1) is 0 Å². The maximum Gasteiger partial charge on any atom is 0.261 e. The molecule has 112 valence electrons. The molecule has 0 saturated heterocycles. The number of nitrogens with zero attached hydrogens (tertiary/aromatic N) is 1. The van der Waals surface area contributed by atoms with E-state index >= 15 is 0 Å². The van der Waals surface area contributed by atoms with Crippen molar-refractivity contribution in [2.24, 2.45) is 0 Å². The van der Waals surface area contributed by atoms with E-state index < -0.39 is 9.05 Å². The first kappa shape index (κ1) is 16.8. The van der Waals surface area contributed by atoms with Gasteiger partial charge < -0.3 is 4.74 Å². The van der Waals surface area contributed by atoms with E-state index in [9.17, 15) is 8.42 Å². The normalized spacial score (nSPS) is 11.4. The third-order valence-electron chi connectivity index (χ3n) is 2.41. The number of ether oxygens (including phenoxy) is 1. The zero-order valence-corrected chi connectivity index (χ0v) is 14.9. The molecule has 0 saturated carbocycles. The lowest BCUT2D eigenvalue weighted by Gasteiger charge is -2.10. The Bertz CT molecular complexity index is 743. The highest BCUT2D eigenvalue weighted by atomic mass is 79.9. The molecule has 2 aromatic rings. The molecule has 1 aromatic heterocycles. The summed E-state index contributed by atoms with van der Waals surface area (Å²) in [6, 6.07) is 5.95. The molecule has 1 aromatic carbocycles. The van der Waals surface area contributed by atoms with E-state index in [-0.39, 0.29) is 27.3 Å². The summed E-state index contributed by atoms with van der Waals surface area (Å²) in [7, 11) is 1.34. The summed E-state index contributed by atoms with van der Waals surface area (Å²) >= 11 is 15.2. The van der Waals surface area contributed by atoms with Gasteiger partial charge in [-0.1, -0.05) is 23.2 Å². The maximum atomic E-state index is 11.3. The van der Waals surface area contributed by atoms with E-state index in [1.165, 1.54) is 12.1 Å². The van der Waals surface area contributed by atoms with E-state index in [4.69, 9.17) is 38.6 Å². The van der Waals surface area contributed by atoms with Crippen molar-refractivity contribution in [3.8, 4) is 5.75 Å². The molecule has 9 heteroatoms. The summed E-state index contributed by atoms with van der Waals surface area (Å²) < 4.78 is 28.8. The van der Waals surface area contributed by atoms with E-state index in [0.717, 1.165) is 4.47 Å². The van der Waals surface area contributed by atoms with Crippen LogP contribution in [0.15, 0.2) is 39.8 Å². The number of benzene rings is 1. The first-order valence-corrected chi connectivity index (χ1v) is 9.30. The van der Waals surface area contributed by atoms with Crippen molar-refractivity contribution in [2.45, 2.75) is 11.5 Å². The second-order valence-electron chi connectivity index (χ2n) is 3.91. The Morgan fingerprint density at radius 3 is 2.29 bits per heavy atom. The van der Waals surface area contributed by atoms with E-state index in [2.05, 4.69) is 20.9 Å². The summed E-state index contributed by atoms with van der Waals surface area (Å²) in [6.45, 7) is 0.139. The lowest BCUT2D eigenvalue weighted by molar-refractivity contribution is 0.301. The molecule has 21 heavy (non-hydrogen) atoms. The average Bonchev–Trinajstić information content (AvgIpc) is 2.38. The average molecular weight is 432 g/mol. The molecule has 0 bridgehead atoms. The predicted molar refractivity (Wildman–Crippen MR) is 85.8 cm³/mol. The summed E-state index contributed by atoms with van der Waals surface area (Å²) in [4.78, 5) is 3.95. The third kappa shape index (κ3) is 4.47. The monoisotopic (exact) mass is 429 g/mol. The molecule has 0 N–H and O–H groups in total. The van der Waals surface area contributed by atoms with Gasteiger partial charge in [0.25, 0.3) is 9.05 Å². The third-order valence-corrected chi connectivity index (χ3v) is 4.77. The minimum atomic E-state index is -3.91. The number of pyridine rings is 1. The Labute approximate surface area is 144 Å². The van der Waals surface area contributed by atoms with Crippen molar-refractivity contribution in [3.63, 3.8) is 0 Å². The molecule has 0 amide bonds. The Hall–Kier alpha value is -0.530. The fourth-order valence-electron chi connectivity index (χ4n) is 1.45. The largest absolute Gasteiger partial charge is 0.484 e. The number of hydrogen-bond acceptors (Lipinski definition) is 4. The van der Waals surface area contributed by atoms with Gasteiger partial charge in [-0.2, -0.15) is 0 Å². The van der Waals surface area contributed by atoms with Crippen LogP contribution in [0.5, 0.6) is 5.75 Å². The first-order chi connectivity index (χ1) is 9.77. The van der Waals surface area contributed by atoms with Crippen LogP contribution in [0.1, 0.15) is 5.69 Å². The van der Waals surface area contributed by atoms with Gasteiger partial charge in [0, 0.05) is 21.4 Å². The van der Waals surface area contributed by atoms with Crippen LogP contribution in [0.4, 0.5) is 0 Å². The Morgan fingerprint density at radius 2 is 1.81 bits per heavy atom. The van der Waals surface area contributed by atoms with Crippen molar-refractivity contribution in [2.75, 3.05) is 0 Å². The molecule has 0 unspecified atom stereocenters. The molecular weight excluding hydrogens is 424 g/mol. The summed E-state index contributed by atoms with van der Waals surface area (Å²) in [6.07, 6.45) is 1.63. The lowest BCUT2D eigenvalue weighted by Crippen LogP contribution is -2.00. The Morgan fingerprint density at radius 1 is 1.19 bits per heavy atom. The van der Waals surface area contributed by atoms with E-state index in [0.29, 0.717) is 5.69 Å². The van der Waals surface area contributed by atoms with Gasteiger partial charge in [0.2, 0.25) is 0 Å². The van der Waals surface area contributed by atoms with Gasteiger partial charge in [-0.3, -0.25) is 4.98 Å². The molecule has 2 rings (SSSR count). The van der Waals surface area contributed by atoms with Gasteiger partial charge in [0.05, 0.1) is 20.6 Å². The molecule has 0 radical (unpaired) electrons.